The van der Waals surface area contributed by atoms with Gasteiger partial charge in [0.1, 0.15) is 18.1 Å². The van der Waals surface area contributed by atoms with Gasteiger partial charge < -0.3 is 14.3 Å². The predicted molar refractivity (Wildman–Crippen MR) is 57.9 cm³/mol. The van der Waals surface area contributed by atoms with Gasteiger partial charge >= 0.3 is 0 Å². The Hall–Kier alpha value is -1.81. The zero-order valence-corrected chi connectivity index (χ0v) is 9.01. The van der Waals surface area contributed by atoms with Gasteiger partial charge in [-0.05, 0) is 19.1 Å². The molecule has 0 atom stereocenters. The molecule has 84 valence electrons. The Balaban J connectivity index is 2.11. The maximum atomic E-state index is 9.12. The summed E-state index contributed by atoms with van der Waals surface area (Å²) >= 11 is 0. The van der Waals surface area contributed by atoms with E-state index in [1.807, 2.05) is 19.1 Å². The molecule has 2 aromatic rings. The van der Waals surface area contributed by atoms with Gasteiger partial charge in [0.15, 0.2) is 0 Å². The largest absolute Gasteiger partial charge is 0.485 e. The van der Waals surface area contributed by atoms with Crippen molar-refractivity contribution in [2.24, 2.45) is 0 Å². The summed E-state index contributed by atoms with van der Waals surface area (Å²) in [4.78, 5) is 4.09. The number of ether oxygens (including phenoxy) is 1. The average Bonchev–Trinajstić information content (AvgIpc) is 2.79. The van der Waals surface area contributed by atoms with Gasteiger partial charge in [0.2, 0.25) is 0 Å². The second-order valence-electron chi connectivity index (χ2n) is 3.46. The number of furan rings is 1. The molecular weight excluding hydrogens is 206 g/mol. The van der Waals surface area contributed by atoms with Crippen LogP contribution in [0.15, 0.2) is 35.1 Å². The lowest BCUT2D eigenvalue weighted by Gasteiger charge is -2.09. The lowest BCUT2D eigenvalue weighted by atomic mass is 10.2. The second-order valence-corrected chi connectivity index (χ2v) is 3.46. The number of aliphatic hydroxyl groups is 1. The monoisotopic (exact) mass is 219 g/mol. The van der Waals surface area contributed by atoms with E-state index in [0.717, 1.165) is 11.5 Å². The first kappa shape index (κ1) is 10.7. The highest BCUT2D eigenvalue weighted by Gasteiger charge is 2.05. The van der Waals surface area contributed by atoms with Gasteiger partial charge in [0.25, 0.3) is 0 Å². The summed E-state index contributed by atoms with van der Waals surface area (Å²) in [5, 5.41) is 9.12. The molecule has 0 spiro atoms. The minimum atomic E-state index is -0.0826. The molecule has 0 unspecified atom stereocenters. The SMILES string of the molecule is Cc1cc(OCc2ccco2)c(CO)cn1. The maximum absolute atomic E-state index is 9.12. The predicted octanol–water partition coefficient (Wildman–Crippen LogP) is 2.05. The van der Waals surface area contributed by atoms with Crippen LogP contribution in [0.2, 0.25) is 0 Å². The second kappa shape index (κ2) is 4.81. The van der Waals surface area contributed by atoms with Gasteiger partial charge in [-0.2, -0.15) is 0 Å². The number of pyridine rings is 1. The van der Waals surface area contributed by atoms with Crippen LogP contribution in [0.5, 0.6) is 5.75 Å². The van der Waals surface area contributed by atoms with E-state index in [9.17, 15) is 0 Å². The summed E-state index contributed by atoms with van der Waals surface area (Å²) in [6.45, 7) is 2.14. The van der Waals surface area contributed by atoms with Crippen molar-refractivity contribution in [3.8, 4) is 5.75 Å². The van der Waals surface area contributed by atoms with Crippen LogP contribution in [0, 0.1) is 6.92 Å². The normalized spacial score (nSPS) is 10.4. The van der Waals surface area contributed by atoms with Crippen molar-refractivity contribution in [3.05, 3.63) is 47.7 Å². The zero-order chi connectivity index (χ0) is 11.4. The first-order chi connectivity index (χ1) is 7.79. The summed E-state index contributed by atoms with van der Waals surface area (Å²) in [5.74, 6) is 1.39. The van der Waals surface area contributed by atoms with E-state index in [4.69, 9.17) is 14.3 Å². The number of hydrogen-bond acceptors (Lipinski definition) is 4. The van der Waals surface area contributed by atoms with E-state index in [0.29, 0.717) is 17.9 Å². The molecule has 0 saturated carbocycles. The fourth-order valence-corrected chi connectivity index (χ4v) is 1.36. The summed E-state index contributed by atoms with van der Waals surface area (Å²) in [5.41, 5.74) is 1.53. The first-order valence-corrected chi connectivity index (χ1v) is 5.01. The topological polar surface area (TPSA) is 55.5 Å². The van der Waals surface area contributed by atoms with Crippen LogP contribution in [-0.2, 0) is 13.2 Å². The molecule has 0 aliphatic rings. The summed E-state index contributed by atoms with van der Waals surface area (Å²) in [7, 11) is 0. The van der Waals surface area contributed by atoms with E-state index in [-0.39, 0.29) is 6.61 Å². The van der Waals surface area contributed by atoms with Crippen LogP contribution < -0.4 is 4.74 Å². The van der Waals surface area contributed by atoms with Gasteiger partial charge in [-0.15, -0.1) is 0 Å². The third-order valence-corrected chi connectivity index (χ3v) is 2.20. The van der Waals surface area contributed by atoms with Crippen LogP contribution >= 0.6 is 0 Å². The van der Waals surface area contributed by atoms with Crippen molar-refractivity contribution in [1.82, 2.24) is 4.98 Å². The minimum Gasteiger partial charge on any atom is -0.485 e. The summed E-state index contributed by atoms with van der Waals surface area (Å²) in [6, 6.07) is 5.45. The highest BCUT2D eigenvalue weighted by molar-refractivity contribution is 5.32. The van der Waals surface area contributed by atoms with Gasteiger partial charge in [0, 0.05) is 23.5 Å². The molecule has 0 aliphatic carbocycles. The molecule has 4 heteroatoms. The van der Waals surface area contributed by atoms with Crippen LogP contribution in [0.3, 0.4) is 0 Å². The third kappa shape index (κ3) is 2.41. The van der Waals surface area contributed by atoms with Gasteiger partial charge in [-0.25, -0.2) is 0 Å². The van der Waals surface area contributed by atoms with E-state index < -0.39 is 0 Å². The van der Waals surface area contributed by atoms with Crippen molar-refractivity contribution in [1.29, 1.82) is 0 Å². The van der Waals surface area contributed by atoms with Crippen molar-refractivity contribution in [2.45, 2.75) is 20.1 Å². The Bertz CT molecular complexity index is 451. The lowest BCUT2D eigenvalue weighted by Crippen LogP contribution is -1.99. The van der Waals surface area contributed by atoms with Gasteiger partial charge in [-0.3, -0.25) is 4.98 Å². The van der Waals surface area contributed by atoms with Gasteiger partial charge in [0.05, 0.1) is 12.9 Å². The number of aryl methyl sites for hydroxylation is 1. The number of hydrogen-bond donors (Lipinski definition) is 1. The van der Waals surface area contributed by atoms with E-state index in [2.05, 4.69) is 4.98 Å². The maximum Gasteiger partial charge on any atom is 0.146 e. The van der Waals surface area contributed by atoms with Crippen molar-refractivity contribution in [2.75, 3.05) is 0 Å². The van der Waals surface area contributed by atoms with Crippen LogP contribution in [0.1, 0.15) is 17.0 Å². The molecule has 16 heavy (non-hydrogen) atoms. The van der Waals surface area contributed by atoms with Gasteiger partial charge in [-0.1, -0.05) is 0 Å². The quantitative estimate of drug-likeness (QED) is 0.855. The smallest absolute Gasteiger partial charge is 0.146 e. The van der Waals surface area contributed by atoms with Crippen LogP contribution in [0.4, 0.5) is 0 Å². The molecule has 0 bridgehead atoms. The minimum absolute atomic E-state index is 0.0826. The molecule has 0 fully saturated rings. The number of nitrogens with zero attached hydrogens (tertiary/aromatic N) is 1. The molecule has 0 amide bonds. The van der Waals surface area contributed by atoms with Crippen molar-refractivity contribution in [3.63, 3.8) is 0 Å². The molecule has 0 radical (unpaired) electrons. The first-order valence-electron chi connectivity index (χ1n) is 5.01. The fraction of sp³-hybridized carbons (Fsp3) is 0.250. The molecule has 2 rings (SSSR count). The Morgan fingerprint density at radius 3 is 3.06 bits per heavy atom. The summed E-state index contributed by atoms with van der Waals surface area (Å²) in [6.07, 6.45) is 3.22. The van der Waals surface area contributed by atoms with Crippen LogP contribution in [0.25, 0.3) is 0 Å². The molecule has 4 nitrogen and oxygen atoms in total. The molecule has 1 N–H and O–H groups in total. The fourth-order valence-electron chi connectivity index (χ4n) is 1.36. The molecular formula is C12H13NO3. The zero-order valence-electron chi connectivity index (χ0n) is 9.01. The van der Waals surface area contributed by atoms with E-state index in [1.54, 1.807) is 18.5 Å². The third-order valence-electron chi connectivity index (χ3n) is 2.20. The molecule has 2 aromatic heterocycles. The lowest BCUT2D eigenvalue weighted by molar-refractivity contribution is 0.244. The summed E-state index contributed by atoms with van der Waals surface area (Å²) < 4.78 is 10.7. The molecule has 0 aliphatic heterocycles. The van der Waals surface area contributed by atoms with E-state index >= 15 is 0 Å². The highest BCUT2D eigenvalue weighted by Crippen LogP contribution is 2.19. The molecule has 2 heterocycles. The van der Waals surface area contributed by atoms with E-state index in [1.165, 1.54) is 0 Å². The van der Waals surface area contributed by atoms with Crippen molar-refractivity contribution >= 4 is 0 Å². The average molecular weight is 219 g/mol. The number of aromatic nitrogens is 1. The standard InChI is InChI=1S/C12H13NO3/c1-9-5-12(10(7-14)6-13-9)16-8-11-3-2-4-15-11/h2-6,14H,7-8H2,1H3. The molecule has 0 saturated heterocycles. The van der Waals surface area contributed by atoms with Crippen LogP contribution in [-0.4, -0.2) is 10.1 Å². The Labute approximate surface area is 93.5 Å². The Morgan fingerprint density at radius 1 is 1.50 bits per heavy atom. The van der Waals surface area contributed by atoms with Crippen molar-refractivity contribution < 1.29 is 14.3 Å². The number of aliphatic hydroxyl groups excluding tert-OH is 1. The number of rotatable bonds is 4. The molecule has 0 aromatic carbocycles. The highest BCUT2D eigenvalue weighted by atomic mass is 16.5. The Kier molecular flexibility index (Phi) is 3.22. The Morgan fingerprint density at radius 2 is 2.38 bits per heavy atom.